The molecule has 1 saturated carbocycles. The molecule has 0 saturated heterocycles. The Balaban J connectivity index is 1.96. The number of rotatable bonds is 4. The van der Waals surface area contributed by atoms with Gasteiger partial charge in [-0.1, -0.05) is 31.0 Å². The van der Waals surface area contributed by atoms with Gasteiger partial charge in [-0.05, 0) is 32.4 Å². The molecule has 100 valence electrons. The summed E-state index contributed by atoms with van der Waals surface area (Å²) in [5.74, 6) is 0.432. The van der Waals surface area contributed by atoms with E-state index in [9.17, 15) is 5.11 Å². The van der Waals surface area contributed by atoms with Crippen LogP contribution in [-0.4, -0.2) is 24.2 Å². The van der Waals surface area contributed by atoms with Crippen LogP contribution in [0.2, 0.25) is 0 Å². The summed E-state index contributed by atoms with van der Waals surface area (Å²) in [6.45, 7) is 2.69. The molecule has 0 spiro atoms. The zero-order chi connectivity index (χ0) is 13.0. The minimum Gasteiger partial charge on any atom is -0.507 e. The maximum Gasteiger partial charge on any atom is 0.122 e. The highest BCUT2D eigenvalue weighted by Gasteiger charge is 2.23. The Morgan fingerprint density at radius 2 is 1.94 bits per heavy atom. The molecule has 3 N–H and O–H groups in total. The minimum atomic E-state index is 0.432. The van der Waals surface area contributed by atoms with Crippen molar-refractivity contribution in [3.8, 4) is 5.75 Å². The Bertz CT molecular complexity index is 392. The van der Waals surface area contributed by atoms with Gasteiger partial charge in [-0.25, -0.2) is 0 Å². The lowest BCUT2D eigenvalue weighted by Gasteiger charge is -2.32. The van der Waals surface area contributed by atoms with E-state index in [1.165, 1.54) is 25.7 Å². The van der Waals surface area contributed by atoms with E-state index >= 15 is 0 Å². The van der Waals surface area contributed by atoms with Crippen LogP contribution in [0.1, 0.15) is 36.8 Å². The monoisotopic (exact) mass is 248 g/mol. The summed E-state index contributed by atoms with van der Waals surface area (Å²) in [5.41, 5.74) is 1.94. The van der Waals surface area contributed by atoms with Crippen LogP contribution >= 0.6 is 0 Å². The summed E-state index contributed by atoms with van der Waals surface area (Å²) in [7, 11) is 2.04. The fourth-order valence-corrected chi connectivity index (χ4v) is 2.82. The molecule has 0 bridgehead atoms. The van der Waals surface area contributed by atoms with Crippen molar-refractivity contribution in [2.24, 2.45) is 0 Å². The third-order valence-corrected chi connectivity index (χ3v) is 4.01. The zero-order valence-electron chi connectivity index (χ0n) is 11.4. The second-order valence-corrected chi connectivity index (χ2v) is 5.25. The lowest BCUT2D eigenvalue weighted by Crippen LogP contribution is -2.48. The second kappa shape index (κ2) is 6.21. The summed E-state index contributed by atoms with van der Waals surface area (Å²) in [6, 6.07) is 7.01. The number of aryl methyl sites for hydroxylation is 1. The fourth-order valence-electron chi connectivity index (χ4n) is 2.82. The molecular formula is C15H24N2O. The molecule has 1 fully saturated rings. The maximum atomic E-state index is 9.99. The molecule has 1 aliphatic rings. The SMILES string of the molecule is CN[C@@H]1CCCC[C@H]1NCc1cccc(C)c1O. The van der Waals surface area contributed by atoms with Crippen molar-refractivity contribution in [1.82, 2.24) is 10.6 Å². The molecule has 2 rings (SSSR count). The number of likely N-dealkylation sites (N-methyl/N-ethyl adjacent to an activating group) is 1. The van der Waals surface area contributed by atoms with E-state index in [2.05, 4.69) is 10.6 Å². The molecule has 0 heterocycles. The second-order valence-electron chi connectivity index (χ2n) is 5.25. The highest BCUT2D eigenvalue weighted by Crippen LogP contribution is 2.23. The Morgan fingerprint density at radius 3 is 2.67 bits per heavy atom. The van der Waals surface area contributed by atoms with Gasteiger partial charge in [0, 0.05) is 24.2 Å². The van der Waals surface area contributed by atoms with E-state index in [4.69, 9.17) is 0 Å². The average Bonchev–Trinajstić information content (AvgIpc) is 2.41. The Kier molecular flexibility index (Phi) is 4.61. The number of nitrogens with one attached hydrogen (secondary N) is 2. The molecule has 3 heteroatoms. The van der Waals surface area contributed by atoms with Crippen LogP contribution in [0.4, 0.5) is 0 Å². The van der Waals surface area contributed by atoms with Gasteiger partial charge in [-0.2, -0.15) is 0 Å². The lowest BCUT2D eigenvalue weighted by atomic mass is 9.90. The Labute approximate surface area is 110 Å². The van der Waals surface area contributed by atoms with Crippen molar-refractivity contribution in [2.45, 2.75) is 51.2 Å². The van der Waals surface area contributed by atoms with E-state index in [1.807, 2.05) is 32.2 Å². The van der Waals surface area contributed by atoms with E-state index in [1.54, 1.807) is 0 Å². The molecule has 0 aliphatic heterocycles. The van der Waals surface area contributed by atoms with Gasteiger partial charge in [-0.15, -0.1) is 0 Å². The lowest BCUT2D eigenvalue weighted by molar-refractivity contribution is 0.293. The molecule has 1 aliphatic carbocycles. The number of aromatic hydroxyl groups is 1. The summed E-state index contributed by atoms with van der Waals surface area (Å²) in [5, 5.41) is 17.0. The van der Waals surface area contributed by atoms with Crippen LogP contribution in [0.5, 0.6) is 5.75 Å². The number of para-hydroxylation sites is 1. The van der Waals surface area contributed by atoms with Gasteiger partial charge in [0.25, 0.3) is 0 Å². The van der Waals surface area contributed by atoms with Crippen molar-refractivity contribution >= 4 is 0 Å². The van der Waals surface area contributed by atoms with Gasteiger partial charge in [-0.3, -0.25) is 0 Å². The summed E-state index contributed by atoms with van der Waals surface area (Å²) in [4.78, 5) is 0. The van der Waals surface area contributed by atoms with Gasteiger partial charge in [0.1, 0.15) is 5.75 Å². The third-order valence-electron chi connectivity index (χ3n) is 4.01. The van der Waals surface area contributed by atoms with Gasteiger partial charge >= 0.3 is 0 Å². The fraction of sp³-hybridized carbons (Fsp3) is 0.600. The molecule has 0 unspecified atom stereocenters. The topological polar surface area (TPSA) is 44.3 Å². The standard InChI is InChI=1S/C15H24N2O/c1-11-6-5-7-12(15(11)18)10-17-14-9-4-3-8-13(14)16-2/h5-7,13-14,16-18H,3-4,8-10H2,1-2H3/t13-,14-/m1/s1. The number of phenols is 1. The Morgan fingerprint density at radius 1 is 1.22 bits per heavy atom. The molecule has 18 heavy (non-hydrogen) atoms. The Hall–Kier alpha value is -1.06. The maximum absolute atomic E-state index is 9.99. The summed E-state index contributed by atoms with van der Waals surface area (Å²) in [6.07, 6.45) is 5.08. The first-order valence-corrected chi connectivity index (χ1v) is 6.90. The molecule has 0 amide bonds. The zero-order valence-corrected chi connectivity index (χ0v) is 11.4. The quantitative estimate of drug-likeness (QED) is 0.766. The van der Waals surface area contributed by atoms with E-state index in [-0.39, 0.29) is 0 Å². The normalized spacial score (nSPS) is 24.1. The first-order chi connectivity index (χ1) is 8.72. The van der Waals surface area contributed by atoms with Crippen LogP contribution in [-0.2, 0) is 6.54 Å². The molecule has 3 nitrogen and oxygen atoms in total. The number of hydrogen-bond donors (Lipinski definition) is 3. The van der Waals surface area contributed by atoms with E-state index < -0.39 is 0 Å². The largest absolute Gasteiger partial charge is 0.507 e. The number of phenolic OH excluding ortho intramolecular Hbond substituents is 1. The van der Waals surface area contributed by atoms with Crippen LogP contribution < -0.4 is 10.6 Å². The first-order valence-electron chi connectivity index (χ1n) is 6.90. The predicted molar refractivity (Wildman–Crippen MR) is 74.8 cm³/mol. The van der Waals surface area contributed by atoms with E-state index in [0.29, 0.717) is 17.8 Å². The minimum absolute atomic E-state index is 0.432. The van der Waals surface area contributed by atoms with Crippen LogP contribution in [0.15, 0.2) is 18.2 Å². The highest BCUT2D eigenvalue weighted by atomic mass is 16.3. The van der Waals surface area contributed by atoms with Gasteiger partial charge in [0.05, 0.1) is 0 Å². The molecule has 2 atom stereocenters. The van der Waals surface area contributed by atoms with Gasteiger partial charge in [0.15, 0.2) is 0 Å². The molecule has 1 aromatic carbocycles. The van der Waals surface area contributed by atoms with Crippen molar-refractivity contribution in [3.05, 3.63) is 29.3 Å². The first kappa shape index (κ1) is 13.4. The van der Waals surface area contributed by atoms with Crippen LogP contribution in [0.3, 0.4) is 0 Å². The van der Waals surface area contributed by atoms with Gasteiger partial charge in [0.2, 0.25) is 0 Å². The summed E-state index contributed by atoms with van der Waals surface area (Å²) < 4.78 is 0. The number of hydrogen-bond acceptors (Lipinski definition) is 3. The van der Waals surface area contributed by atoms with Crippen LogP contribution in [0.25, 0.3) is 0 Å². The predicted octanol–water partition coefficient (Wildman–Crippen LogP) is 2.32. The highest BCUT2D eigenvalue weighted by molar-refractivity contribution is 5.39. The third kappa shape index (κ3) is 3.03. The average molecular weight is 248 g/mol. The molecule has 0 aromatic heterocycles. The summed E-state index contributed by atoms with van der Waals surface area (Å²) >= 11 is 0. The van der Waals surface area contributed by atoms with Crippen molar-refractivity contribution in [3.63, 3.8) is 0 Å². The van der Waals surface area contributed by atoms with Crippen molar-refractivity contribution in [1.29, 1.82) is 0 Å². The number of benzene rings is 1. The van der Waals surface area contributed by atoms with Crippen molar-refractivity contribution < 1.29 is 5.11 Å². The van der Waals surface area contributed by atoms with Crippen molar-refractivity contribution in [2.75, 3.05) is 7.05 Å². The van der Waals surface area contributed by atoms with E-state index in [0.717, 1.165) is 17.7 Å². The van der Waals surface area contributed by atoms with Crippen LogP contribution in [0, 0.1) is 6.92 Å². The van der Waals surface area contributed by atoms with Gasteiger partial charge < -0.3 is 15.7 Å². The molecule has 0 radical (unpaired) electrons. The molecule has 1 aromatic rings. The molecular weight excluding hydrogens is 224 g/mol. The smallest absolute Gasteiger partial charge is 0.122 e.